The first-order valence-electron chi connectivity index (χ1n) is 6.95. The van der Waals surface area contributed by atoms with Crippen molar-refractivity contribution in [2.75, 3.05) is 25.1 Å². The van der Waals surface area contributed by atoms with Gasteiger partial charge in [-0.05, 0) is 38.3 Å². The third-order valence-corrected chi connectivity index (χ3v) is 3.47. The minimum absolute atomic E-state index is 0.689. The number of ether oxygens (including phenoxy) is 2. The smallest absolute Gasteiger partial charge is 0.142 e. The summed E-state index contributed by atoms with van der Waals surface area (Å²) in [7, 11) is 0. The van der Waals surface area contributed by atoms with Crippen molar-refractivity contribution >= 4 is 5.69 Å². The van der Waals surface area contributed by atoms with E-state index in [1.54, 1.807) is 0 Å². The highest BCUT2D eigenvalue weighted by molar-refractivity contribution is 5.68. The van der Waals surface area contributed by atoms with Crippen molar-refractivity contribution in [3.8, 4) is 11.5 Å². The van der Waals surface area contributed by atoms with Gasteiger partial charge in [-0.25, -0.2) is 0 Å². The predicted octanol–water partition coefficient (Wildman–Crippen LogP) is 3.48. The Labute approximate surface area is 109 Å². The van der Waals surface area contributed by atoms with E-state index in [2.05, 4.69) is 12.2 Å². The maximum absolute atomic E-state index is 5.73. The molecule has 1 aromatic carbocycles. The number of benzene rings is 1. The van der Waals surface area contributed by atoms with Crippen LogP contribution in [-0.4, -0.2) is 19.8 Å². The fourth-order valence-corrected chi connectivity index (χ4v) is 2.47. The van der Waals surface area contributed by atoms with Crippen molar-refractivity contribution in [1.82, 2.24) is 0 Å². The zero-order valence-electron chi connectivity index (χ0n) is 11.6. The molecule has 1 aliphatic heterocycles. The van der Waals surface area contributed by atoms with E-state index in [1.165, 1.54) is 12.0 Å². The van der Waals surface area contributed by atoms with Gasteiger partial charge in [0, 0.05) is 12.1 Å². The van der Waals surface area contributed by atoms with Crippen LogP contribution in [0, 0.1) is 5.92 Å². The van der Waals surface area contributed by atoms with Gasteiger partial charge in [0.15, 0.2) is 0 Å². The normalized spacial score (nSPS) is 17.8. The summed E-state index contributed by atoms with van der Waals surface area (Å²) in [5.41, 5.74) is 2.41. The standard InChI is InChI=1S/C15H23NO2/c1-4-11-9-12-13(17-5-2)7-8-14(18-6-3)15(12)16-10-11/h7-8,11,16H,4-6,9-10H2,1-3H3. The van der Waals surface area contributed by atoms with Crippen molar-refractivity contribution in [3.63, 3.8) is 0 Å². The van der Waals surface area contributed by atoms with E-state index in [9.17, 15) is 0 Å². The first-order valence-corrected chi connectivity index (χ1v) is 6.95. The molecule has 0 saturated carbocycles. The van der Waals surface area contributed by atoms with E-state index in [4.69, 9.17) is 9.47 Å². The molecule has 0 amide bonds. The molecule has 0 spiro atoms. The SMILES string of the molecule is CCOc1ccc(OCC)c2c1CC(CC)CN2. The summed E-state index contributed by atoms with van der Waals surface area (Å²) < 4.78 is 11.4. The van der Waals surface area contributed by atoms with Crippen LogP contribution in [-0.2, 0) is 6.42 Å². The Bertz CT molecular complexity index is 404. The second kappa shape index (κ2) is 5.98. The van der Waals surface area contributed by atoms with Gasteiger partial charge >= 0.3 is 0 Å². The summed E-state index contributed by atoms with van der Waals surface area (Å²) in [5.74, 6) is 2.64. The lowest BCUT2D eigenvalue weighted by Gasteiger charge is -2.28. The molecule has 1 unspecified atom stereocenters. The van der Waals surface area contributed by atoms with E-state index >= 15 is 0 Å². The fraction of sp³-hybridized carbons (Fsp3) is 0.600. The lowest BCUT2D eigenvalue weighted by Crippen LogP contribution is -2.23. The summed E-state index contributed by atoms with van der Waals surface area (Å²) in [6.07, 6.45) is 2.27. The van der Waals surface area contributed by atoms with Gasteiger partial charge in [-0.3, -0.25) is 0 Å². The Kier molecular flexibility index (Phi) is 4.34. The number of fused-ring (bicyclic) bond motifs is 1. The van der Waals surface area contributed by atoms with Gasteiger partial charge in [0.25, 0.3) is 0 Å². The van der Waals surface area contributed by atoms with Crippen molar-refractivity contribution < 1.29 is 9.47 Å². The fourth-order valence-electron chi connectivity index (χ4n) is 2.47. The minimum atomic E-state index is 0.689. The molecule has 0 bridgehead atoms. The first-order chi connectivity index (χ1) is 8.80. The van der Waals surface area contributed by atoms with Crippen LogP contribution in [0.5, 0.6) is 11.5 Å². The molecule has 2 rings (SSSR count). The van der Waals surface area contributed by atoms with Gasteiger partial charge in [0.1, 0.15) is 11.5 Å². The van der Waals surface area contributed by atoms with Gasteiger partial charge < -0.3 is 14.8 Å². The minimum Gasteiger partial charge on any atom is -0.494 e. The molecule has 1 atom stereocenters. The summed E-state index contributed by atoms with van der Waals surface area (Å²) in [6.45, 7) is 8.71. The number of rotatable bonds is 5. The quantitative estimate of drug-likeness (QED) is 0.866. The van der Waals surface area contributed by atoms with Crippen LogP contribution in [0.4, 0.5) is 5.69 Å². The van der Waals surface area contributed by atoms with E-state index < -0.39 is 0 Å². The van der Waals surface area contributed by atoms with Crippen molar-refractivity contribution in [1.29, 1.82) is 0 Å². The lowest BCUT2D eigenvalue weighted by atomic mass is 9.91. The lowest BCUT2D eigenvalue weighted by molar-refractivity contribution is 0.324. The average molecular weight is 249 g/mol. The number of hydrogen-bond acceptors (Lipinski definition) is 3. The second-order valence-corrected chi connectivity index (χ2v) is 4.64. The van der Waals surface area contributed by atoms with E-state index in [0.29, 0.717) is 19.1 Å². The van der Waals surface area contributed by atoms with Crippen LogP contribution in [0.2, 0.25) is 0 Å². The molecule has 0 saturated heterocycles. The Morgan fingerprint density at radius 3 is 2.44 bits per heavy atom. The van der Waals surface area contributed by atoms with E-state index in [1.807, 2.05) is 26.0 Å². The molecule has 0 fully saturated rings. The van der Waals surface area contributed by atoms with Gasteiger partial charge in [0.2, 0.25) is 0 Å². The third kappa shape index (κ3) is 2.55. The summed E-state index contributed by atoms with van der Waals surface area (Å²) in [5, 5.41) is 3.51. The molecule has 1 aliphatic rings. The van der Waals surface area contributed by atoms with E-state index in [0.717, 1.165) is 30.2 Å². The zero-order chi connectivity index (χ0) is 13.0. The Hall–Kier alpha value is -1.38. The highest BCUT2D eigenvalue weighted by Gasteiger charge is 2.23. The molecule has 0 aliphatic carbocycles. The van der Waals surface area contributed by atoms with Crippen LogP contribution < -0.4 is 14.8 Å². The highest BCUT2D eigenvalue weighted by Crippen LogP contribution is 2.40. The highest BCUT2D eigenvalue weighted by atomic mass is 16.5. The molecule has 100 valence electrons. The second-order valence-electron chi connectivity index (χ2n) is 4.64. The van der Waals surface area contributed by atoms with Crippen molar-refractivity contribution in [3.05, 3.63) is 17.7 Å². The molecule has 18 heavy (non-hydrogen) atoms. The Balaban J connectivity index is 2.36. The molecule has 3 heteroatoms. The van der Waals surface area contributed by atoms with Crippen LogP contribution >= 0.6 is 0 Å². The first kappa shape index (κ1) is 13.1. The van der Waals surface area contributed by atoms with Crippen molar-refractivity contribution in [2.45, 2.75) is 33.6 Å². The maximum atomic E-state index is 5.73. The third-order valence-electron chi connectivity index (χ3n) is 3.47. The Morgan fingerprint density at radius 2 is 1.78 bits per heavy atom. The molecule has 0 radical (unpaired) electrons. The molecule has 0 aromatic heterocycles. The van der Waals surface area contributed by atoms with Gasteiger partial charge in [-0.2, -0.15) is 0 Å². The molecule has 3 nitrogen and oxygen atoms in total. The summed E-state index contributed by atoms with van der Waals surface area (Å²) in [4.78, 5) is 0. The molecular formula is C15H23NO2. The molecule has 1 N–H and O–H groups in total. The largest absolute Gasteiger partial charge is 0.494 e. The molecule has 1 heterocycles. The van der Waals surface area contributed by atoms with Gasteiger partial charge in [0.05, 0.1) is 18.9 Å². The van der Waals surface area contributed by atoms with Crippen LogP contribution in [0.25, 0.3) is 0 Å². The molecule has 1 aromatic rings. The van der Waals surface area contributed by atoms with Crippen LogP contribution in [0.1, 0.15) is 32.8 Å². The number of hydrogen-bond donors (Lipinski definition) is 1. The van der Waals surface area contributed by atoms with Crippen molar-refractivity contribution in [2.24, 2.45) is 5.92 Å². The average Bonchev–Trinajstić information content (AvgIpc) is 2.41. The summed E-state index contributed by atoms with van der Waals surface area (Å²) >= 11 is 0. The zero-order valence-corrected chi connectivity index (χ0v) is 11.6. The number of anilines is 1. The van der Waals surface area contributed by atoms with Gasteiger partial charge in [-0.1, -0.05) is 13.3 Å². The van der Waals surface area contributed by atoms with E-state index in [-0.39, 0.29) is 0 Å². The Morgan fingerprint density at radius 1 is 1.11 bits per heavy atom. The van der Waals surface area contributed by atoms with Gasteiger partial charge in [-0.15, -0.1) is 0 Å². The monoisotopic (exact) mass is 249 g/mol. The van der Waals surface area contributed by atoms with Crippen LogP contribution in [0.3, 0.4) is 0 Å². The predicted molar refractivity (Wildman–Crippen MR) is 74.8 cm³/mol. The molecular weight excluding hydrogens is 226 g/mol. The summed E-state index contributed by atoms with van der Waals surface area (Å²) in [6, 6.07) is 4.04. The topological polar surface area (TPSA) is 30.5 Å². The number of nitrogens with one attached hydrogen (secondary N) is 1. The van der Waals surface area contributed by atoms with Crippen LogP contribution in [0.15, 0.2) is 12.1 Å². The maximum Gasteiger partial charge on any atom is 0.142 e.